The number of hydrogen-bond acceptors (Lipinski definition) is 1. The van der Waals surface area contributed by atoms with Gasteiger partial charge < -0.3 is 10.3 Å². The van der Waals surface area contributed by atoms with Crippen molar-refractivity contribution in [2.75, 3.05) is 5.32 Å². The first-order valence-electron chi connectivity index (χ1n) is 7.10. The molecule has 20 heavy (non-hydrogen) atoms. The van der Waals surface area contributed by atoms with Crippen molar-refractivity contribution in [1.29, 1.82) is 0 Å². The van der Waals surface area contributed by atoms with Gasteiger partial charge in [-0.3, -0.25) is 4.79 Å². The number of benzene rings is 1. The molecule has 0 atom stereocenters. The fourth-order valence-electron chi connectivity index (χ4n) is 1.87. The Balaban J connectivity index is 0.000000461. The van der Waals surface area contributed by atoms with Gasteiger partial charge in [0, 0.05) is 23.1 Å². The number of amides is 1. The smallest absolute Gasteiger partial charge is 0.256 e. The average Bonchev–Trinajstić information content (AvgIpc) is 3.13. The highest BCUT2D eigenvalue weighted by atomic mass is 16.2. The van der Waals surface area contributed by atoms with Crippen LogP contribution in [0.25, 0.3) is 11.6 Å². The molecule has 0 bridgehead atoms. The van der Waals surface area contributed by atoms with Gasteiger partial charge in [-0.1, -0.05) is 45.9 Å². The van der Waals surface area contributed by atoms with E-state index >= 15 is 0 Å². The summed E-state index contributed by atoms with van der Waals surface area (Å²) >= 11 is 0. The summed E-state index contributed by atoms with van der Waals surface area (Å²) in [6, 6.07) is 11.5. The highest BCUT2D eigenvalue weighted by molar-refractivity contribution is 6.34. The highest BCUT2D eigenvalue weighted by Gasteiger charge is 2.23. The largest absolute Gasteiger partial charge is 0.362 e. The molecule has 3 heteroatoms. The number of hydrogen-bond donors (Lipinski definition) is 2. The minimum atomic E-state index is -0.0456. The molecule has 1 amide bonds. The monoisotopic (exact) mass is 272 g/mol. The van der Waals surface area contributed by atoms with Crippen molar-refractivity contribution in [2.24, 2.45) is 0 Å². The Hall–Kier alpha value is -2.29. The van der Waals surface area contributed by atoms with Crippen molar-refractivity contribution < 1.29 is 4.79 Å². The van der Waals surface area contributed by atoms with Gasteiger partial charge in [0.1, 0.15) is 0 Å². The van der Waals surface area contributed by atoms with Crippen LogP contribution >= 0.6 is 0 Å². The molecule has 106 valence electrons. The van der Waals surface area contributed by atoms with E-state index < -0.39 is 0 Å². The molecule has 0 spiro atoms. The standard InChI is InChI=1S/C13H10N2O.2C2H6/c16-13-11(8-9-4-3-7-14-9)10-5-1-2-6-12(10)15-13;2*1-2/h1-8,14H,(H,15,16);2*1-2H3/i8+2;;. The van der Waals surface area contributed by atoms with E-state index in [2.05, 4.69) is 10.3 Å². The van der Waals surface area contributed by atoms with Gasteiger partial charge in [-0.05, 0) is 24.3 Å². The fraction of sp³-hybridized carbons (Fsp3) is 0.235. The minimum Gasteiger partial charge on any atom is -0.362 e. The summed E-state index contributed by atoms with van der Waals surface area (Å²) in [7, 11) is 0. The third-order valence-corrected chi connectivity index (χ3v) is 2.63. The first-order valence-corrected chi connectivity index (χ1v) is 7.10. The lowest BCUT2D eigenvalue weighted by Crippen LogP contribution is -2.03. The molecule has 1 aliphatic rings. The molecule has 0 saturated heterocycles. The van der Waals surface area contributed by atoms with Crippen LogP contribution in [0.3, 0.4) is 0 Å². The second-order valence-electron chi connectivity index (χ2n) is 3.68. The van der Waals surface area contributed by atoms with Crippen molar-refractivity contribution in [3.8, 4) is 0 Å². The Morgan fingerprint density at radius 3 is 2.30 bits per heavy atom. The number of para-hydroxylation sites is 1. The molecule has 1 aliphatic heterocycles. The molecule has 0 unspecified atom stereocenters. The zero-order valence-corrected chi connectivity index (χ0v) is 12.5. The molecule has 3 rings (SSSR count). The van der Waals surface area contributed by atoms with Gasteiger partial charge >= 0.3 is 0 Å². The number of nitrogens with one attached hydrogen (secondary N) is 2. The van der Waals surface area contributed by atoms with Crippen LogP contribution < -0.4 is 5.32 Å². The SMILES string of the molecule is CC.CC.O=C1Nc2ccccc2C1=[14CH]c1ccc[nH]1. The Morgan fingerprint density at radius 2 is 1.65 bits per heavy atom. The minimum absolute atomic E-state index is 0.0456. The zero-order valence-electron chi connectivity index (χ0n) is 12.5. The molecule has 0 fully saturated rings. The first kappa shape index (κ1) is 15.8. The Bertz CT molecular complexity index is 568. The summed E-state index contributed by atoms with van der Waals surface area (Å²) in [5.41, 5.74) is 3.48. The van der Waals surface area contributed by atoms with Crippen molar-refractivity contribution in [1.82, 2.24) is 4.98 Å². The number of aromatic amines is 1. The summed E-state index contributed by atoms with van der Waals surface area (Å²) in [6.45, 7) is 8.00. The molecule has 3 nitrogen and oxygen atoms in total. The van der Waals surface area contributed by atoms with E-state index in [9.17, 15) is 4.79 Å². The van der Waals surface area contributed by atoms with Gasteiger partial charge in [0.2, 0.25) is 0 Å². The molecule has 2 N–H and O–H groups in total. The maximum Gasteiger partial charge on any atom is 0.256 e. The number of H-pyrrole nitrogens is 1. The van der Waals surface area contributed by atoms with E-state index in [0.29, 0.717) is 5.57 Å². The summed E-state index contributed by atoms with van der Waals surface area (Å²) in [6.07, 6.45) is 3.70. The zero-order chi connectivity index (χ0) is 15.0. The van der Waals surface area contributed by atoms with Gasteiger partial charge in [0.05, 0.1) is 5.57 Å². The van der Waals surface area contributed by atoms with Crippen molar-refractivity contribution in [3.05, 3.63) is 53.9 Å². The normalized spacial score (nSPS) is 13.6. The summed E-state index contributed by atoms with van der Waals surface area (Å²) in [5.74, 6) is -0.0456. The topological polar surface area (TPSA) is 44.9 Å². The molecule has 0 radical (unpaired) electrons. The van der Waals surface area contributed by atoms with Crippen LogP contribution in [0.1, 0.15) is 39.0 Å². The van der Waals surface area contributed by atoms with Crippen LogP contribution in [0.15, 0.2) is 42.6 Å². The van der Waals surface area contributed by atoms with E-state index in [1.807, 2.05) is 76.4 Å². The Labute approximate surface area is 120 Å². The molecule has 0 saturated carbocycles. The quantitative estimate of drug-likeness (QED) is 0.734. The molecule has 1 aromatic heterocycles. The van der Waals surface area contributed by atoms with Gasteiger partial charge in [0.25, 0.3) is 5.91 Å². The number of aromatic nitrogens is 1. The van der Waals surface area contributed by atoms with E-state index in [1.54, 1.807) is 0 Å². The maximum atomic E-state index is 11.8. The van der Waals surface area contributed by atoms with Crippen LogP contribution in [0.2, 0.25) is 0 Å². The van der Waals surface area contributed by atoms with Gasteiger partial charge in [-0.15, -0.1) is 0 Å². The average molecular weight is 272 g/mol. The highest BCUT2D eigenvalue weighted by Crippen LogP contribution is 2.32. The lowest BCUT2D eigenvalue weighted by Gasteiger charge is -1.95. The van der Waals surface area contributed by atoms with Gasteiger partial charge in [-0.2, -0.15) is 0 Å². The molecule has 1 aromatic carbocycles. The number of rotatable bonds is 1. The van der Waals surface area contributed by atoms with Crippen LogP contribution in [-0.2, 0) is 4.79 Å². The van der Waals surface area contributed by atoms with Crippen molar-refractivity contribution in [2.45, 2.75) is 27.7 Å². The summed E-state index contributed by atoms with van der Waals surface area (Å²) < 4.78 is 0. The lowest BCUT2D eigenvalue weighted by molar-refractivity contribution is -0.110. The van der Waals surface area contributed by atoms with Crippen molar-refractivity contribution >= 4 is 23.2 Å². The molecule has 0 aliphatic carbocycles. The van der Waals surface area contributed by atoms with Crippen LogP contribution in [0.4, 0.5) is 5.69 Å². The number of carbonyl (C=O) groups excluding carboxylic acids is 1. The Kier molecular flexibility index (Phi) is 6.30. The molecular weight excluding hydrogens is 250 g/mol. The fourth-order valence-corrected chi connectivity index (χ4v) is 1.87. The molecule has 2 aromatic rings. The van der Waals surface area contributed by atoms with E-state index in [4.69, 9.17) is 0 Å². The third kappa shape index (κ3) is 3.38. The van der Waals surface area contributed by atoms with E-state index in [-0.39, 0.29) is 5.91 Å². The lowest BCUT2D eigenvalue weighted by atomic mass is 10.1. The summed E-state index contributed by atoms with van der Waals surface area (Å²) in [5, 5.41) is 2.84. The van der Waals surface area contributed by atoms with Crippen molar-refractivity contribution in [3.63, 3.8) is 0 Å². The second kappa shape index (κ2) is 8.00. The van der Waals surface area contributed by atoms with Crippen LogP contribution in [0, 0.1) is 0 Å². The second-order valence-corrected chi connectivity index (χ2v) is 3.68. The molecule has 2 heterocycles. The summed E-state index contributed by atoms with van der Waals surface area (Å²) in [4.78, 5) is 14.8. The van der Waals surface area contributed by atoms with Gasteiger partial charge in [-0.25, -0.2) is 0 Å². The predicted octanol–water partition coefficient (Wildman–Crippen LogP) is 4.56. The Morgan fingerprint density at radius 1 is 0.950 bits per heavy atom. The predicted molar refractivity (Wildman–Crippen MR) is 86.4 cm³/mol. The molecular formula is C17H22N2O. The van der Waals surface area contributed by atoms with E-state index in [0.717, 1.165) is 16.9 Å². The number of fused-ring (bicyclic) bond motifs is 1. The number of carbonyl (C=O) groups is 1. The van der Waals surface area contributed by atoms with Crippen LogP contribution in [0.5, 0.6) is 0 Å². The maximum absolute atomic E-state index is 11.8. The first-order chi connectivity index (χ1) is 9.84. The number of anilines is 1. The third-order valence-electron chi connectivity index (χ3n) is 2.63. The van der Waals surface area contributed by atoms with E-state index in [1.165, 1.54) is 0 Å². The van der Waals surface area contributed by atoms with Crippen LogP contribution in [-0.4, -0.2) is 10.9 Å². The van der Waals surface area contributed by atoms with Gasteiger partial charge in [0.15, 0.2) is 0 Å².